The van der Waals surface area contributed by atoms with Crippen LogP contribution in [-0.2, 0) is 0 Å². The minimum atomic E-state index is -4.13. The number of hydrogen-bond acceptors (Lipinski definition) is 0. The van der Waals surface area contributed by atoms with Gasteiger partial charge in [0.25, 0.3) is 0 Å². The molecule has 0 unspecified atom stereocenters. The van der Waals surface area contributed by atoms with E-state index in [2.05, 4.69) is 0 Å². The minimum absolute atomic E-state index is 2.11. The second-order valence-corrected chi connectivity index (χ2v) is 17.0. The summed E-state index contributed by atoms with van der Waals surface area (Å²) in [6.45, 7) is 0. The van der Waals surface area contributed by atoms with E-state index in [9.17, 15) is 43.9 Å². The summed E-state index contributed by atoms with van der Waals surface area (Å²) >= 11 is 0. The first-order valence-electron chi connectivity index (χ1n) is 16.8. The van der Waals surface area contributed by atoms with Gasteiger partial charge < -0.3 is 0 Å². The summed E-state index contributed by atoms with van der Waals surface area (Å²) in [4.78, 5) is 0. The summed E-state index contributed by atoms with van der Waals surface area (Å²) in [5.74, 6) is -79.7. The lowest BCUT2D eigenvalue weighted by atomic mass is 9.83. The van der Waals surface area contributed by atoms with Crippen LogP contribution >= 0.6 is 0 Å². The van der Waals surface area contributed by atoms with Crippen molar-refractivity contribution in [1.29, 1.82) is 0 Å². The van der Waals surface area contributed by atoms with Crippen molar-refractivity contribution < 1.29 is 114 Å². The molecule has 7 aromatic rings. The molecule has 0 nitrogen and oxygen atoms in total. The molecule has 0 saturated heterocycles. The van der Waals surface area contributed by atoms with E-state index in [0.29, 0.717) is 0 Å². The summed E-state index contributed by atoms with van der Waals surface area (Å²) in [5, 5.41) is -19.8. The molecule has 28 heteroatoms. The van der Waals surface area contributed by atoms with E-state index in [4.69, 9.17) is 0 Å². The van der Waals surface area contributed by atoms with Crippen LogP contribution in [0.3, 0.4) is 0 Å². The van der Waals surface area contributed by atoms with Crippen molar-refractivity contribution in [2.75, 3.05) is 0 Å². The van der Waals surface area contributed by atoms with E-state index in [-0.39, 0.29) is 0 Å². The molecule has 0 radical (unpaired) electrons. The molecule has 0 atom stereocenters. The van der Waals surface area contributed by atoms with E-state index >= 15 is 70.2 Å². The Morgan fingerprint density at radius 2 is 0.273 bits per heavy atom. The Balaban J connectivity index is 1.68. The van der Waals surface area contributed by atoms with Crippen LogP contribution in [-0.4, -0.2) is 19.0 Å². The van der Waals surface area contributed by atoms with E-state index in [1.54, 1.807) is 0 Å². The molecule has 0 saturated carbocycles. The van der Waals surface area contributed by atoms with E-state index < -0.39 is 235 Å². The third kappa shape index (κ3) is 6.43. The highest BCUT2D eigenvalue weighted by Crippen LogP contribution is 2.51. The van der Waals surface area contributed by atoms with Crippen LogP contribution in [0.4, 0.5) is 114 Å². The van der Waals surface area contributed by atoms with E-state index in [1.807, 2.05) is 0 Å². The van der Waals surface area contributed by atoms with E-state index in [1.165, 1.54) is 0 Å². The molecule has 0 heterocycles. The van der Waals surface area contributed by atoms with Crippen molar-refractivity contribution in [3.05, 3.63) is 151 Å². The number of fused-ring (bicyclic) bond motifs is 2. The van der Waals surface area contributed by atoms with Crippen LogP contribution in [0.25, 0.3) is 43.8 Å². The normalized spacial score (nSPS) is 12.3. The fourth-order valence-electron chi connectivity index (χ4n) is 7.02. The molecular weight excluding hydrogens is 1010 g/mol. The van der Waals surface area contributed by atoms with Crippen LogP contribution in [0.1, 0.15) is 0 Å². The Kier molecular flexibility index (Phi) is 11.7. The zero-order valence-electron chi connectivity index (χ0n) is 30.2. The predicted octanol–water partition coefficient (Wildman–Crippen LogP) is 9.18. The van der Waals surface area contributed by atoms with Crippen molar-refractivity contribution in [2.24, 2.45) is 0 Å². The first kappa shape index (κ1) is 47.6. The van der Waals surface area contributed by atoms with Gasteiger partial charge in [-0.15, -0.1) is 0 Å². The monoisotopic (exact) mass is 1010 g/mol. The zero-order chi connectivity index (χ0) is 49.4. The SMILES string of the molecule is Fc1c(F)c(F)c([SiH2]c2c(F)c(F)c(-c3c4c(F)c(F)c(F)c(F)c4c(-c4c(F)c(F)c([SiH2]c5c(F)c(F)c(F)c(F)c5F)c(F)c4F)c4c(F)c(F)c(F)c(F)c34)c(F)c2F)c(F)c1F. The first-order chi connectivity index (χ1) is 30.6. The lowest BCUT2D eigenvalue weighted by Crippen LogP contribution is -2.39. The van der Waals surface area contributed by atoms with Gasteiger partial charge in [-0.2, -0.15) is 0 Å². The van der Waals surface area contributed by atoms with Crippen LogP contribution in [0.15, 0.2) is 0 Å². The maximum Gasteiger partial charge on any atom is 0.200 e. The molecule has 0 aliphatic heterocycles. The first-order valence-corrected chi connectivity index (χ1v) is 19.7. The van der Waals surface area contributed by atoms with Gasteiger partial charge in [0.2, 0.25) is 11.6 Å². The molecule has 0 bridgehead atoms. The Morgan fingerprint density at radius 3 is 0.455 bits per heavy atom. The number of hydrogen-bond donors (Lipinski definition) is 0. The smallest absolute Gasteiger partial charge is 0.200 e. The molecule has 7 aromatic carbocycles. The second kappa shape index (κ2) is 16.2. The zero-order valence-corrected chi connectivity index (χ0v) is 33.1. The highest BCUT2D eigenvalue weighted by Gasteiger charge is 2.41. The van der Waals surface area contributed by atoms with Gasteiger partial charge in [0.05, 0.1) is 11.1 Å². The standard InChI is InChI=1S/C38H4F26Si2/c39-9-3-1(7-13(43)27(57)35(28(58)14(7)44)65-37-31(61)23(53)21(51)24(54)32(37)62)4-6(12(42)20(50)18(48)10(4)40)2(5(3)11(41)19(49)17(9)47)8-15(45)29(59)36(30(60)16(8)46)66-38-33(63)25(55)22(52)26(56)34(38)64/h65-66H2. The summed E-state index contributed by atoms with van der Waals surface area (Å²) in [6.07, 6.45) is 0. The van der Waals surface area contributed by atoms with Gasteiger partial charge >= 0.3 is 0 Å². The fraction of sp³-hybridized carbons (Fsp3) is 0. The molecule has 0 N–H and O–H groups in total. The fourth-order valence-corrected chi connectivity index (χ4v) is 10.2. The number of benzene rings is 7. The second-order valence-electron chi connectivity index (χ2n) is 13.4. The van der Waals surface area contributed by atoms with Gasteiger partial charge in [-0.1, -0.05) is 0 Å². The average molecular weight is 1010 g/mol. The van der Waals surface area contributed by atoms with Gasteiger partial charge in [-0.25, -0.2) is 114 Å². The number of rotatable bonds is 6. The topological polar surface area (TPSA) is 0 Å². The highest BCUT2D eigenvalue weighted by atomic mass is 28.2. The van der Waals surface area contributed by atoms with Gasteiger partial charge in [0.15, 0.2) is 140 Å². The molecule has 346 valence electrons. The largest absolute Gasteiger partial charge is 0.204 e. The summed E-state index contributed by atoms with van der Waals surface area (Å²) in [5.41, 5.74) is -11.3. The highest BCUT2D eigenvalue weighted by molar-refractivity contribution is 6.68. The van der Waals surface area contributed by atoms with Crippen LogP contribution in [0.2, 0.25) is 0 Å². The van der Waals surface area contributed by atoms with E-state index in [0.717, 1.165) is 0 Å². The molecule has 0 amide bonds. The molecule has 66 heavy (non-hydrogen) atoms. The summed E-state index contributed by atoms with van der Waals surface area (Å²) < 4.78 is 392. The quantitative estimate of drug-likeness (QED) is 0.0513. The molecular formula is C38H4F26Si2. The van der Waals surface area contributed by atoms with Gasteiger partial charge in [0.1, 0.15) is 19.0 Å². The molecule has 0 fully saturated rings. The molecule has 0 aliphatic rings. The van der Waals surface area contributed by atoms with Gasteiger partial charge in [-0.3, -0.25) is 0 Å². The lowest BCUT2D eigenvalue weighted by Gasteiger charge is -2.23. The Bertz CT molecular complexity index is 2970. The maximum absolute atomic E-state index is 16.1. The minimum Gasteiger partial charge on any atom is -0.204 e. The third-order valence-corrected chi connectivity index (χ3v) is 13.9. The van der Waals surface area contributed by atoms with Crippen LogP contribution in [0, 0.1) is 151 Å². The predicted molar refractivity (Wildman–Crippen MR) is 180 cm³/mol. The molecule has 0 aromatic heterocycles. The van der Waals surface area contributed by atoms with Crippen molar-refractivity contribution in [3.8, 4) is 22.3 Å². The summed E-state index contributed by atoms with van der Waals surface area (Å²) in [6, 6.07) is 0. The van der Waals surface area contributed by atoms with Crippen molar-refractivity contribution in [3.63, 3.8) is 0 Å². The van der Waals surface area contributed by atoms with Crippen LogP contribution < -0.4 is 20.7 Å². The van der Waals surface area contributed by atoms with Gasteiger partial charge in [0, 0.05) is 53.4 Å². The third-order valence-electron chi connectivity index (χ3n) is 10.1. The Labute approximate surface area is 348 Å². The lowest BCUT2D eigenvalue weighted by molar-refractivity contribution is 0.384. The molecule has 7 rings (SSSR count). The van der Waals surface area contributed by atoms with Crippen molar-refractivity contribution in [2.45, 2.75) is 0 Å². The molecule has 0 spiro atoms. The molecule has 0 aliphatic carbocycles. The van der Waals surface area contributed by atoms with Gasteiger partial charge in [-0.05, 0) is 0 Å². The Hall–Kier alpha value is -6.33. The Morgan fingerprint density at radius 1 is 0.136 bits per heavy atom. The summed E-state index contributed by atoms with van der Waals surface area (Å²) in [7, 11) is -8.27. The van der Waals surface area contributed by atoms with Crippen LogP contribution in [0.5, 0.6) is 0 Å². The number of halogens is 26. The average Bonchev–Trinajstić information content (AvgIpc) is 3.29. The van der Waals surface area contributed by atoms with Crippen molar-refractivity contribution >= 4 is 61.3 Å². The maximum atomic E-state index is 16.1. The van der Waals surface area contributed by atoms with Crippen molar-refractivity contribution in [1.82, 2.24) is 0 Å².